The molecule has 3 aromatic rings. The Balaban J connectivity index is 1.76. The van der Waals surface area contributed by atoms with E-state index in [9.17, 15) is 0 Å². The number of rotatable bonds is 8. The maximum absolute atomic E-state index is 6.23. The molecule has 0 amide bonds. The van der Waals surface area contributed by atoms with Gasteiger partial charge >= 0.3 is 0 Å². The van der Waals surface area contributed by atoms with Gasteiger partial charge in [-0.15, -0.1) is 0 Å². The Kier molecular flexibility index (Phi) is 7.24. The van der Waals surface area contributed by atoms with E-state index in [0.717, 1.165) is 31.9 Å². The van der Waals surface area contributed by atoms with Gasteiger partial charge in [0.2, 0.25) is 0 Å². The Labute approximate surface area is 178 Å². The quantitative estimate of drug-likeness (QED) is 0.362. The van der Waals surface area contributed by atoms with Crippen LogP contribution in [0.15, 0.2) is 66.7 Å². The zero-order valence-electron chi connectivity index (χ0n) is 15.0. The van der Waals surface area contributed by atoms with Crippen molar-refractivity contribution in [2.75, 3.05) is 11.9 Å². The zero-order valence-corrected chi connectivity index (χ0v) is 18.0. The molecule has 140 valence electrons. The maximum Gasteiger partial charge on any atom is 0.174 e. The first-order valence-electron chi connectivity index (χ1n) is 8.77. The van der Waals surface area contributed by atoms with Gasteiger partial charge in [0.15, 0.2) is 11.5 Å². The lowest BCUT2D eigenvalue weighted by Gasteiger charge is -2.16. The third-order valence-electron chi connectivity index (χ3n) is 3.97. The van der Waals surface area contributed by atoms with E-state index in [2.05, 4.69) is 46.1 Å². The van der Waals surface area contributed by atoms with Crippen molar-refractivity contribution < 1.29 is 9.47 Å². The van der Waals surface area contributed by atoms with E-state index in [1.165, 1.54) is 0 Å². The van der Waals surface area contributed by atoms with Gasteiger partial charge < -0.3 is 14.8 Å². The summed E-state index contributed by atoms with van der Waals surface area (Å²) in [4.78, 5) is 0. The van der Waals surface area contributed by atoms with Crippen LogP contribution in [0.2, 0.25) is 5.02 Å². The molecule has 0 aliphatic carbocycles. The largest absolute Gasteiger partial charge is 0.490 e. The average Bonchev–Trinajstić information content (AvgIpc) is 2.68. The molecule has 0 aromatic heterocycles. The number of anilines is 1. The molecule has 0 spiro atoms. The summed E-state index contributed by atoms with van der Waals surface area (Å²) in [7, 11) is 0. The summed E-state index contributed by atoms with van der Waals surface area (Å²) in [6.07, 6.45) is 0. The van der Waals surface area contributed by atoms with Gasteiger partial charge in [-0.05, 0) is 65.4 Å². The maximum atomic E-state index is 6.23. The topological polar surface area (TPSA) is 30.5 Å². The van der Waals surface area contributed by atoms with E-state index < -0.39 is 0 Å². The molecule has 0 heterocycles. The highest BCUT2D eigenvalue weighted by Gasteiger charge is 2.13. The van der Waals surface area contributed by atoms with Gasteiger partial charge in [-0.3, -0.25) is 0 Å². The fourth-order valence-electron chi connectivity index (χ4n) is 2.65. The zero-order chi connectivity index (χ0) is 19.1. The molecule has 0 unspecified atom stereocenters. The highest BCUT2D eigenvalue weighted by Crippen LogP contribution is 2.35. The first-order valence-corrected chi connectivity index (χ1v) is 10.2. The Morgan fingerprint density at radius 3 is 2.44 bits per heavy atom. The van der Waals surface area contributed by atoms with E-state index in [-0.39, 0.29) is 0 Å². The lowest BCUT2D eigenvalue weighted by molar-refractivity contribution is 0.267. The first kappa shape index (κ1) is 19.8. The lowest BCUT2D eigenvalue weighted by atomic mass is 10.2. The van der Waals surface area contributed by atoms with E-state index in [4.69, 9.17) is 21.1 Å². The van der Waals surface area contributed by atoms with E-state index in [1.54, 1.807) is 0 Å². The molecule has 3 nitrogen and oxygen atoms in total. The molecule has 0 radical (unpaired) electrons. The molecular weight excluding hydrogens is 473 g/mol. The second-order valence-corrected chi connectivity index (χ2v) is 7.51. The van der Waals surface area contributed by atoms with Crippen molar-refractivity contribution >= 4 is 39.9 Å². The van der Waals surface area contributed by atoms with Gasteiger partial charge in [0, 0.05) is 22.8 Å². The minimum Gasteiger partial charge on any atom is -0.490 e. The van der Waals surface area contributed by atoms with Crippen LogP contribution in [0.4, 0.5) is 5.69 Å². The van der Waals surface area contributed by atoms with Crippen molar-refractivity contribution in [1.29, 1.82) is 0 Å². The van der Waals surface area contributed by atoms with Gasteiger partial charge in [-0.1, -0.05) is 48.0 Å². The van der Waals surface area contributed by atoms with Crippen molar-refractivity contribution in [3.63, 3.8) is 0 Å². The summed E-state index contributed by atoms with van der Waals surface area (Å²) in [6.45, 7) is 3.66. The first-order chi connectivity index (χ1) is 13.2. The molecule has 0 fully saturated rings. The van der Waals surface area contributed by atoms with Crippen LogP contribution in [-0.4, -0.2) is 6.61 Å². The number of halogens is 2. The van der Waals surface area contributed by atoms with E-state index in [1.807, 2.05) is 55.5 Å². The van der Waals surface area contributed by atoms with Crippen LogP contribution in [-0.2, 0) is 13.2 Å². The summed E-state index contributed by atoms with van der Waals surface area (Å²) < 4.78 is 12.9. The van der Waals surface area contributed by atoms with Crippen LogP contribution in [0.25, 0.3) is 0 Å². The molecule has 0 aliphatic heterocycles. The van der Waals surface area contributed by atoms with Crippen LogP contribution in [0.1, 0.15) is 18.1 Å². The molecule has 5 heteroatoms. The number of benzene rings is 3. The second kappa shape index (κ2) is 9.85. The lowest BCUT2D eigenvalue weighted by Crippen LogP contribution is -2.05. The SMILES string of the molecule is CCOc1cc(CNc2ccccc2)cc(I)c1OCc1ccccc1Cl. The molecule has 0 atom stereocenters. The fourth-order valence-corrected chi connectivity index (χ4v) is 3.66. The fraction of sp³-hybridized carbons (Fsp3) is 0.182. The predicted octanol–water partition coefficient (Wildman–Crippen LogP) is 6.53. The number of hydrogen-bond donors (Lipinski definition) is 1. The molecule has 27 heavy (non-hydrogen) atoms. The third kappa shape index (κ3) is 5.53. The molecular formula is C22H21ClINO2. The van der Waals surface area contributed by atoms with Crippen molar-refractivity contribution in [3.05, 3.63) is 86.4 Å². The van der Waals surface area contributed by atoms with Gasteiger partial charge in [0.1, 0.15) is 6.61 Å². The molecule has 0 saturated carbocycles. The summed E-state index contributed by atoms with van der Waals surface area (Å²) in [5.41, 5.74) is 3.17. The minimum absolute atomic E-state index is 0.400. The van der Waals surface area contributed by atoms with Gasteiger partial charge in [0.05, 0.1) is 10.2 Å². The Bertz CT molecular complexity index is 887. The Hall–Kier alpha value is -1.92. The molecule has 0 saturated heterocycles. The van der Waals surface area contributed by atoms with Gasteiger partial charge in [-0.2, -0.15) is 0 Å². The molecule has 3 aromatic carbocycles. The smallest absolute Gasteiger partial charge is 0.174 e. The molecule has 0 aliphatic rings. The Morgan fingerprint density at radius 2 is 1.70 bits per heavy atom. The highest BCUT2D eigenvalue weighted by molar-refractivity contribution is 14.1. The summed E-state index contributed by atoms with van der Waals surface area (Å²) in [5, 5.41) is 4.13. The predicted molar refractivity (Wildman–Crippen MR) is 120 cm³/mol. The second-order valence-electron chi connectivity index (χ2n) is 5.94. The van der Waals surface area contributed by atoms with Crippen LogP contribution < -0.4 is 14.8 Å². The minimum atomic E-state index is 0.400. The Morgan fingerprint density at radius 1 is 0.963 bits per heavy atom. The molecule has 0 bridgehead atoms. The van der Waals surface area contributed by atoms with Crippen LogP contribution in [0, 0.1) is 3.57 Å². The average molecular weight is 494 g/mol. The summed E-state index contributed by atoms with van der Waals surface area (Å²) >= 11 is 8.53. The van der Waals surface area contributed by atoms with E-state index >= 15 is 0 Å². The van der Waals surface area contributed by atoms with Crippen molar-refractivity contribution in [3.8, 4) is 11.5 Å². The highest BCUT2D eigenvalue weighted by atomic mass is 127. The van der Waals surface area contributed by atoms with Crippen molar-refractivity contribution in [2.24, 2.45) is 0 Å². The van der Waals surface area contributed by atoms with Crippen LogP contribution in [0.5, 0.6) is 11.5 Å². The number of ether oxygens (including phenoxy) is 2. The number of nitrogens with one attached hydrogen (secondary N) is 1. The molecule has 3 rings (SSSR count). The van der Waals surface area contributed by atoms with Gasteiger partial charge in [0.25, 0.3) is 0 Å². The van der Waals surface area contributed by atoms with E-state index in [0.29, 0.717) is 24.8 Å². The van der Waals surface area contributed by atoms with Gasteiger partial charge in [-0.25, -0.2) is 0 Å². The monoisotopic (exact) mass is 493 g/mol. The standard InChI is InChI=1S/C22H21ClINO2/c1-2-26-21-13-16(14-25-18-9-4-3-5-10-18)12-20(24)22(21)27-15-17-8-6-7-11-19(17)23/h3-13,25H,2,14-15H2,1H3. The summed E-state index contributed by atoms with van der Waals surface area (Å²) in [5.74, 6) is 1.50. The normalized spacial score (nSPS) is 10.5. The third-order valence-corrected chi connectivity index (χ3v) is 5.14. The van der Waals surface area contributed by atoms with Crippen molar-refractivity contribution in [2.45, 2.75) is 20.1 Å². The summed E-state index contributed by atoms with van der Waals surface area (Å²) in [6, 6.07) is 22.0. The van der Waals surface area contributed by atoms with Crippen LogP contribution >= 0.6 is 34.2 Å². The number of para-hydroxylation sites is 1. The molecule has 1 N–H and O–H groups in total. The number of hydrogen-bond acceptors (Lipinski definition) is 3. The van der Waals surface area contributed by atoms with Crippen molar-refractivity contribution in [1.82, 2.24) is 0 Å². The van der Waals surface area contributed by atoms with Crippen LogP contribution in [0.3, 0.4) is 0 Å².